The highest BCUT2D eigenvalue weighted by molar-refractivity contribution is 7.15. The van der Waals surface area contributed by atoms with Crippen molar-refractivity contribution in [1.29, 1.82) is 0 Å². The fraction of sp³-hybridized carbons (Fsp3) is 0.250. The number of imidazole rings is 1. The second-order valence-corrected chi connectivity index (χ2v) is 3.55. The van der Waals surface area contributed by atoms with Crippen molar-refractivity contribution >= 4 is 22.6 Å². The molecule has 0 atom stereocenters. The number of aromatic nitrogens is 2. The van der Waals surface area contributed by atoms with Gasteiger partial charge in [0.25, 0.3) is 6.43 Å². The lowest BCUT2D eigenvalue weighted by Crippen LogP contribution is -2.08. The monoisotopic (exact) mass is 232 g/mol. The molecule has 0 saturated carbocycles. The minimum atomic E-state index is -2.58. The molecule has 0 unspecified atom stereocenters. The largest absolute Gasteiger partial charge is 0.470 e. The summed E-state index contributed by atoms with van der Waals surface area (Å²) in [7, 11) is 0. The molecule has 0 aromatic carbocycles. The van der Waals surface area contributed by atoms with Crippen molar-refractivity contribution in [2.75, 3.05) is 6.61 Å². The molecule has 2 aromatic heterocycles. The summed E-state index contributed by atoms with van der Waals surface area (Å²) in [6.45, 7) is -0.758. The van der Waals surface area contributed by atoms with E-state index in [9.17, 15) is 13.6 Å². The Labute approximate surface area is 87.1 Å². The number of hydrogen-bond donors (Lipinski definition) is 0. The smallest absolute Gasteiger partial charge is 0.272 e. The predicted octanol–water partition coefficient (Wildman–Crippen LogP) is 1.85. The van der Waals surface area contributed by atoms with E-state index < -0.39 is 13.0 Å². The van der Waals surface area contributed by atoms with Crippen LogP contribution in [0.3, 0.4) is 0 Å². The molecule has 0 amide bonds. The standard InChI is InChI=1S/C8H6F2N2O2S/c9-6(10)4-14-7-5(3-13)12-1-2-15-8(12)11-7/h1-3,6H,4H2. The van der Waals surface area contributed by atoms with Crippen molar-refractivity contribution in [2.45, 2.75) is 6.43 Å². The number of rotatable bonds is 4. The number of aldehydes is 1. The van der Waals surface area contributed by atoms with Crippen LogP contribution in [0.25, 0.3) is 4.96 Å². The Morgan fingerprint density at radius 2 is 2.47 bits per heavy atom. The fourth-order valence-corrected chi connectivity index (χ4v) is 1.85. The van der Waals surface area contributed by atoms with Gasteiger partial charge in [0.2, 0.25) is 5.88 Å². The second kappa shape index (κ2) is 3.93. The third-order valence-electron chi connectivity index (χ3n) is 1.72. The Bertz CT molecular complexity index is 480. The van der Waals surface area contributed by atoms with Gasteiger partial charge in [-0.2, -0.15) is 4.98 Å². The van der Waals surface area contributed by atoms with Gasteiger partial charge < -0.3 is 4.74 Å². The van der Waals surface area contributed by atoms with Gasteiger partial charge in [-0.05, 0) is 0 Å². The van der Waals surface area contributed by atoms with Crippen molar-refractivity contribution in [3.05, 3.63) is 17.3 Å². The Kier molecular flexibility index (Phi) is 2.63. The molecule has 2 heterocycles. The second-order valence-electron chi connectivity index (χ2n) is 2.68. The average Bonchev–Trinajstić information content (AvgIpc) is 2.72. The van der Waals surface area contributed by atoms with Gasteiger partial charge in [-0.25, -0.2) is 8.78 Å². The highest BCUT2D eigenvalue weighted by atomic mass is 32.1. The SMILES string of the molecule is O=Cc1c(OCC(F)F)nc2sccn12. The summed E-state index contributed by atoms with van der Waals surface area (Å²) in [5.74, 6) is -0.0443. The van der Waals surface area contributed by atoms with Gasteiger partial charge in [0.05, 0.1) is 0 Å². The normalized spacial score (nSPS) is 11.1. The molecular formula is C8H6F2N2O2S. The number of hydrogen-bond acceptors (Lipinski definition) is 4. The van der Waals surface area contributed by atoms with Gasteiger partial charge in [0, 0.05) is 11.6 Å². The van der Waals surface area contributed by atoms with Gasteiger partial charge >= 0.3 is 0 Å². The number of ether oxygens (including phenoxy) is 1. The maximum atomic E-state index is 11.9. The molecule has 0 aliphatic rings. The number of nitrogens with zero attached hydrogens (tertiary/aromatic N) is 2. The molecule has 0 N–H and O–H groups in total. The topological polar surface area (TPSA) is 43.6 Å². The number of carbonyl (C=O) groups is 1. The van der Waals surface area contributed by atoms with Crippen LogP contribution in [0.15, 0.2) is 11.6 Å². The first-order valence-electron chi connectivity index (χ1n) is 4.04. The summed E-state index contributed by atoms with van der Waals surface area (Å²) < 4.78 is 30.0. The minimum Gasteiger partial charge on any atom is -0.470 e. The fourth-order valence-electron chi connectivity index (χ4n) is 1.14. The van der Waals surface area contributed by atoms with E-state index in [1.54, 1.807) is 11.6 Å². The van der Waals surface area contributed by atoms with Crippen molar-refractivity contribution < 1.29 is 18.3 Å². The molecule has 0 saturated heterocycles. The van der Waals surface area contributed by atoms with Gasteiger partial charge in [0.1, 0.15) is 0 Å². The number of halogens is 2. The Hall–Kier alpha value is -1.50. The molecule has 0 aliphatic heterocycles. The molecule has 4 nitrogen and oxygen atoms in total. The van der Waals surface area contributed by atoms with Crippen LogP contribution < -0.4 is 4.74 Å². The maximum absolute atomic E-state index is 11.9. The summed E-state index contributed by atoms with van der Waals surface area (Å²) in [6.07, 6.45) is -0.413. The first kappa shape index (κ1) is 10.0. The minimum absolute atomic E-state index is 0.0443. The predicted molar refractivity (Wildman–Crippen MR) is 50.0 cm³/mol. The summed E-state index contributed by atoms with van der Waals surface area (Å²) in [4.78, 5) is 15.2. The molecule has 2 rings (SSSR count). The number of alkyl halides is 2. The highest BCUT2D eigenvalue weighted by Gasteiger charge is 2.15. The number of fused-ring (bicyclic) bond motifs is 1. The van der Waals surface area contributed by atoms with Crippen LogP contribution in [0.1, 0.15) is 10.5 Å². The third-order valence-corrected chi connectivity index (χ3v) is 2.48. The zero-order chi connectivity index (χ0) is 10.8. The van der Waals surface area contributed by atoms with Crippen molar-refractivity contribution in [3.63, 3.8) is 0 Å². The van der Waals surface area contributed by atoms with E-state index in [0.29, 0.717) is 11.2 Å². The first-order valence-corrected chi connectivity index (χ1v) is 4.92. The molecule has 0 spiro atoms. The lowest BCUT2D eigenvalue weighted by atomic mass is 10.5. The van der Waals surface area contributed by atoms with Crippen LogP contribution in [0.4, 0.5) is 8.78 Å². The summed E-state index contributed by atoms with van der Waals surface area (Å²) in [5.41, 5.74) is 0.159. The molecule has 0 fully saturated rings. The highest BCUT2D eigenvalue weighted by Crippen LogP contribution is 2.21. The van der Waals surface area contributed by atoms with E-state index in [4.69, 9.17) is 4.74 Å². The van der Waals surface area contributed by atoms with E-state index in [0.717, 1.165) is 0 Å². The molecule has 0 bridgehead atoms. The third kappa shape index (κ3) is 1.82. The molecular weight excluding hydrogens is 226 g/mol. The molecule has 2 aromatic rings. The van der Waals surface area contributed by atoms with E-state index >= 15 is 0 Å². The average molecular weight is 232 g/mol. The summed E-state index contributed by atoms with van der Waals surface area (Å²) >= 11 is 1.30. The molecule has 0 radical (unpaired) electrons. The lowest BCUT2D eigenvalue weighted by Gasteiger charge is -2.01. The van der Waals surface area contributed by atoms with Crippen molar-refractivity contribution in [2.24, 2.45) is 0 Å². The van der Waals surface area contributed by atoms with Crippen LogP contribution >= 0.6 is 11.3 Å². The van der Waals surface area contributed by atoms with E-state index in [2.05, 4.69) is 4.98 Å². The van der Waals surface area contributed by atoms with Gasteiger partial charge in [-0.15, -0.1) is 11.3 Å². The molecule has 15 heavy (non-hydrogen) atoms. The van der Waals surface area contributed by atoms with Gasteiger partial charge in [-0.3, -0.25) is 9.20 Å². The van der Waals surface area contributed by atoms with Crippen molar-refractivity contribution in [1.82, 2.24) is 9.38 Å². The van der Waals surface area contributed by atoms with E-state index in [1.807, 2.05) is 0 Å². The lowest BCUT2D eigenvalue weighted by molar-refractivity contribution is 0.0788. The Balaban J connectivity index is 2.33. The molecule has 7 heteroatoms. The summed E-state index contributed by atoms with van der Waals surface area (Å²) in [6, 6.07) is 0. The van der Waals surface area contributed by atoms with Crippen LogP contribution in [-0.4, -0.2) is 28.7 Å². The Morgan fingerprint density at radius 1 is 1.67 bits per heavy atom. The van der Waals surface area contributed by atoms with Crippen LogP contribution in [-0.2, 0) is 0 Å². The quantitative estimate of drug-likeness (QED) is 0.755. The van der Waals surface area contributed by atoms with Crippen LogP contribution in [0.5, 0.6) is 5.88 Å². The first-order chi connectivity index (χ1) is 7.22. The van der Waals surface area contributed by atoms with Gasteiger partial charge in [0.15, 0.2) is 23.5 Å². The summed E-state index contributed by atoms with van der Waals surface area (Å²) in [5, 5.41) is 1.74. The maximum Gasteiger partial charge on any atom is 0.272 e. The van der Waals surface area contributed by atoms with Crippen LogP contribution in [0.2, 0.25) is 0 Å². The number of carbonyl (C=O) groups excluding carboxylic acids is 1. The molecule has 80 valence electrons. The number of thiazole rings is 1. The van der Waals surface area contributed by atoms with E-state index in [-0.39, 0.29) is 11.6 Å². The van der Waals surface area contributed by atoms with Crippen LogP contribution in [0, 0.1) is 0 Å². The van der Waals surface area contributed by atoms with E-state index in [1.165, 1.54) is 15.7 Å². The molecule has 0 aliphatic carbocycles. The Morgan fingerprint density at radius 3 is 3.13 bits per heavy atom. The zero-order valence-electron chi connectivity index (χ0n) is 7.39. The van der Waals surface area contributed by atoms with Crippen molar-refractivity contribution in [3.8, 4) is 5.88 Å². The zero-order valence-corrected chi connectivity index (χ0v) is 8.21. The van der Waals surface area contributed by atoms with Gasteiger partial charge in [-0.1, -0.05) is 0 Å².